The average Bonchev–Trinajstić information content (AvgIpc) is 2.15. The van der Waals surface area contributed by atoms with Crippen LogP contribution in [0.3, 0.4) is 0 Å². The SMILES string of the molecule is N#Cc1c(OC(F)(F)F)cnc(C(F)F)c1F. The fourth-order valence-electron chi connectivity index (χ4n) is 0.944. The van der Waals surface area contributed by atoms with E-state index in [1.165, 1.54) is 0 Å². The summed E-state index contributed by atoms with van der Waals surface area (Å²) in [5, 5.41) is 8.39. The maximum atomic E-state index is 13.1. The summed E-state index contributed by atoms with van der Waals surface area (Å²) in [5.74, 6) is -3.09. The Morgan fingerprint density at radius 1 is 1.35 bits per heavy atom. The molecule has 3 nitrogen and oxygen atoms in total. The van der Waals surface area contributed by atoms with Crippen LogP contribution in [0.25, 0.3) is 0 Å². The highest BCUT2D eigenvalue weighted by molar-refractivity contribution is 5.44. The predicted octanol–water partition coefficient (Wildman–Crippen LogP) is 2.93. The van der Waals surface area contributed by atoms with E-state index < -0.39 is 35.6 Å². The zero-order chi connectivity index (χ0) is 13.2. The second-order valence-electron chi connectivity index (χ2n) is 2.66. The lowest BCUT2D eigenvalue weighted by atomic mass is 10.2. The summed E-state index contributed by atoms with van der Waals surface area (Å²) < 4.78 is 76.1. The zero-order valence-electron chi connectivity index (χ0n) is 7.73. The molecule has 9 heteroatoms. The summed E-state index contributed by atoms with van der Waals surface area (Å²) in [6, 6.07) is 1.01. The molecule has 0 unspecified atom stereocenters. The first kappa shape index (κ1) is 13.1. The number of alkyl halides is 5. The van der Waals surface area contributed by atoms with E-state index >= 15 is 0 Å². The number of hydrogen-bond acceptors (Lipinski definition) is 3. The van der Waals surface area contributed by atoms with Gasteiger partial charge in [0.05, 0.1) is 6.20 Å². The molecule has 0 aliphatic heterocycles. The quantitative estimate of drug-likeness (QED) is 0.764. The molecule has 0 aliphatic rings. The van der Waals surface area contributed by atoms with E-state index in [4.69, 9.17) is 5.26 Å². The van der Waals surface area contributed by atoms with Crippen molar-refractivity contribution in [2.24, 2.45) is 0 Å². The first-order valence-corrected chi connectivity index (χ1v) is 3.88. The van der Waals surface area contributed by atoms with Crippen molar-refractivity contribution in [2.75, 3.05) is 0 Å². The van der Waals surface area contributed by atoms with Crippen molar-refractivity contribution in [3.8, 4) is 11.8 Å². The van der Waals surface area contributed by atoms with Crippen molar-refractivity contribution in [1.82, 2.24) is 4.98 Å². The second kappa shape index (κ2) is 4.48. The molecule has 1 rings (SSSR count). The number of nitriles is 1. The Morgan fingerprint density at radius 2 is 1.94 bits per heavy atom. The minimum absolute atomic E-state index is 0.219. The lowest BCUT2D eigenvalue weighted by Crippen LogP contribution is -2.18. The standard InChI is InChI=1S/C8H2F6N2O/c9-5-3(1-15)4(17-8(12,13)14)2-16-6(5)7(10)11/h2,7H. The molecule has 0 saturated heterocycles. The number of aromatic nitrogens is 1. The topological polar surface area (TPSA) is 45.9 Å². The van der Waals surface area contributed by atoms with E-state index in [1.54, 1.807) is 0 Å². The van der Waals surface area contributed by atoms with Crippen molar-refractivity contribution in [3.05, 3.63) is 23.3 Å². The van der Waals surface area contributed by atoms with E-state index in [9.17, 15) is 26.3 Å². The van der Waals surface area contributed by atoms with Crippen LogP contribution in [0.15, 0.2) is 6.20 Å². The Labute approximate surface area is 90.2 Å². The molecule has 0 N–H and O–H groups in total. The summed E-state index contributed by atoms with van der Waals surface area (Å²) in [5.41, 5.74) is -2.68. The summed E-state index contributed by atoms with van der Waals surface area (Å²) in [4.78, 5) is 2.77. The van der Waals surface area contributed by atoms with Gasteiger partial charge in [-0.05, 0) is 0 Å². The Bertz CT molecular complexity index is 464. The maximum Gasteiger partial charge on any atom is 0.573 e. The maximum absolute atomic E-state index is 13.1. The molecule has 1 heterocycles. The monoisotopic (exact) mass is 256 g/mol. The number of ether oxygens (including phenoxy) is 1. The fourth-order valence-corrected chi connectivity index (χ4v) is 0.944. The van der Waals surface area contributed by atoms with Gasteiger partial charge in [-0.1, -0.05) is 0 Å². The Morgan fingerprint density at radius 3 is 2.35 bits per heavy atom. The van der Waals surface area contributed by atoms with Gasteiger partial charge in [-0.15, -0.1) is 13.2 Å². The molecule has 92 valence electrons. The lowest BCUT2D eigenvalue weighted by Gasteiger charge is -2.11. The highest BCUT2D eigenvalue weighted by atomic mass is 19.4. The van der Waals surface area contributed by atoms with Crippen molar-refractivity contribution < 1.29 is 31.1 Å². The van der Waals surface area contributed by atoms with Gasteiger partial charge in [0.25, 0.3) is 6.43 Å². The largest absolute Gasteiger partial charge is 0.573 e. The van der Waals surface area contributed by atoms with Crippen LogP contribution in [0.5, 0.6) is 5.75 Å². The van der Waals surface area contributed by atoms with Gasteiger partial charge in [-0.25, -0.2) is 18.2 Å². The normalized spacial score (nSPS) is 11.4. The highest BCUT2D eigenvalue weighted by Gasteiger charge is 2.34. The number of nitrogens with zero attached hydrogens (tertiary/aromatic N) is 2. The van der Waals surface area contributed by atoms with Crippen molar-refractivity contribution in [1.29, 1.82) is 5.26 Å². The van der Waals surface area contributed by atoms with Gasteiger partial charge in [0, 0.05) is 0 Å². The highest BCUT2D eigenvalue weighted by Crippen LogP contribution is 2.30. The van der Waals surface area contributed by atoms with E-state index in [-0.39, 0.29) is 6.20 Å². The molecule has 0 aromatic carbocycles. The van der Waals surface area contributed by atoms with Crippen LogP contribution < -0.4 is 4.74 Å². The number of pyridine rings is 1. The lowest BCUT2D eigenvalue weighted by molar-refractivity contribution is -0.274. The van der Waals surface area contributed by atoms with E-state index in [0.717, 1.165) is 6.07 Å². The van der Waals surface area contributed by atoms with Crippen LogP contribution in [0, 0.1) is 17.1 Å². The first-order chi connectivity index (χ1) is 7.76. The molecule has 0 fully saturated rings. The van der Waals surface area contributed by atoms with Crippen LogP contribution >= 0.6 is 0 Å². The van der Waals surface area contributed by atoms with Crippen LogP contribution in [0.4, 0.5) is 26.3 Å². The molecule has 17 heavy (non-hydrogen) atoms. The number of halogens is 6. The van der Waals surface area contributed by atoms with Crippen LogP contribution in [-0.4, -0.2) is 11.3 Å². The molecule has 1 aromatic rings. The smallest absolute Gasteiger partial charge is 0.403 e. The molecule has 0 aliphatic carbocycles. The zero-order valence-corrected chi connectivity index (χ0v) is 7.73. The predicted molar refractivity (Wildman–Crippen MR) is 40.5 cm³/mol. The fraction of sp³-hybridized carbons (Fsp3) is 0.250. The van der Waals surface area contributed by atoms with Gasteiger partial charge in [0.2, 0.25) is 0 Å². The molecule has 0 saturated carbocycles. The minimum Gasteiger partial charge on any atom is -0.403 e. The van der Waals surface area contributed by atoms with Crippen LogP contribution in [-0.2, 0) is 0 Å². The Hall–Kier alpha value is -1.98. The van der Waals surface area contributed by atoms with Gasteiger partial charge >= 0.3 is 6.36 Å². The van der Waals surface area contributed by atoms with Crippen molar-refractivity contribution in [3.63, 3.8) is 0 Å². The molecule has 0 radical (unpaired) electrons. The van der Waals surface area contributed by atoms with Crippen molar-refractivity contribution >= 4 is 0 Å². The van der Waals surface area contributed by atoms with Gasteiger partial charge < -0.3 is 4.74 Å². The van der Waals surface area contributed by atoms with Gasteiger partial charge in [-0.2, -0.15) is 5.26 Å². The third-order valence-electron chi connectivity index (χ3n) is 1.56. The van der Waals surface area contributed by atoms with Crippen LogP contribution in [0.1, 0.15) is 17.7 Å². The molecule has 0 atom stereocenters. The summed E-state index contributed by atoms with van der Waals surface area (Å²) >= 11 is 0. The number of hydrogen-bond donors (Lipinski definition) is 0. The molecule has 1 aromatic heterocycles. The number of rotatable bonds is 2. The third-order valence-corrected chi connectivity index (χ3v) is 1.56. The van der Waals surface area contributed by atoms with Crippen molar-refractivity contribution in [2.45, 2.75) is 12.8 Å². The summed E-state index contributed by atoms with van der Waals surface area (Å²) in [6.45, 7) is 0. The molecule has 0 amide bonds. The van der Waals surface area contributed by atoms with E-state index in [0.29, 0.717) is 0 Å². The summed E-state index contributed by atoms with van der Waals surface area (Å²) in [6.07, 6.45) is -8.30. The molecule has 0 spiro atoms. The van der Waals surface area contributed by atoms with Gasteiger partial charge in [0.15, 0.2) is 11.6 Å². The Balaban J connectivity index is 3.28. The van der Waals surface area contributed by atoms with E-state index in [2.05, 4.69) is 9.72 Å². The minimum atomic E-state index is -5.17. The second-order valence-corrected chi connectivity index (χ2v) is 2.66. The molecular weight excluding hydrogens is 254 g/mol. The molecular formula is C8H2F6N2O. The third kappa shape index (κ3) is 2.99. The Kier molecular flexibility index (Phi) is 3.45. The summed E-state index contributed by atoms with van der Waals surface area (Å²) in [7, 11) is 0. The average molecular weight is 256 g/mol. The van der Waals surface area contributed by atoms with Crippen LogP contribution in [0.2, 0.25) is 0 Å². The van der Waals surface area contributed by atoms with Gasteiger partial charge in [0.1, 0.15) is 17.3 Å². The van der Waals surface area contributed by atoms with Gasteiger partial charge in [-0.3, -0.25) is 0 Å². The molecule has 0 bridgehead atoms. The first-order valence-electron chi connectivity index (χ1n) is 3.88. The van der Waals surface area contributed by atoms with E-state index in [1.807, 2.05) is 0 Å².